The van der Waals surface area contributed by atoms with Crippen molar-refractivity contribution in [1.82, 2.24) is 10.6 Å². The predicted octanol–water partition coefficient (Wildman–Crippen LogP) is 2.52. The molecule has 23 heavy (non-hydrogen) atoms. The summed E-state index contributed by atoms with van der Waals surface area (Å²) in [4.78, 5) is 4.15. The van der Waals surface area contributed by atoms with Crippen LogP contribution in [0.15, 0.2) is 46.0 Å². The number of ether oxygens (including phenoxy) is 1. The molecule has 0 fully saturated rings. The molecular formula is C16H22IN3O3. The molecule has 1 heterocycles. The number of aromatic hydroxyl groups is 1. The molecule has 0 spiro atoms. The summed E-state index contributed by atoms with van der Waals surface area (Å²) in [7, 11) is 3.26. The van der Waals surface area contributed by atoms with Crippen molar-refractivity contribution in [3.8, 4) is 11.5 Å². The monoisotopic (exact) mass is 431 g/mol. The number of nitrogens with one attached hydrogen (secondary N) is 2. The Kier molecular flexibility index (Phi) is 8.31. The number of hydrogen-bond donors (Lipinski definition) is 3. The Bertz CT molecular complexity index is 615. The highest BCUT2D eigenvalue weighted by Gasteiger charge is 2.04. The largest absolute Gasteiger partial charge is 0.504 e. The van der Waals surface area contributed by atoms with Crippen LogP contribution in [0.3, 0.4) is 0 Å². The summed E-state index contributed by atoms with van der Waals surface area (Å²) in [5, 5.41) is 16.0. The van der Waals surface area contributed by atoms with Crippen molar-refractivity contribution in [1.29, 1.82) is 0 Å². The lowest BCUT2D eigenvalue weighted by Crippen LogP contribution is -2.37. The van der Waals surface area contributed by atoms with Gasteiger partial charge in [-0.05, 0) is 36.2 Å². The van der Waals surface area contributed by atoms with Crippen molar-refractivity contribution in [3.63, 3.8) is 0 Å². The van der Waals surface area contributed by atoms with Gasteiger partial charge in [0.05, 0.1) is 19.9 Å². The molecule has 126 valence electrons. The molecule has 0 radical (unpaired) electrons. The second-order valence-corrected chi connectivity index (χ2v) is 4.69. The minimum Gasteiger partial charge on any atom is -0.504 e. The van der Waals surface area contributed by atoms with E-state index in [1.54, 1.807) is 19.4 Å². The molecule has 0 aliphatic heterocycles. The summed E-state index contributed by atoms with van der Waals surface area (Å²) in [6, 6.07) is 9.10. The van der Waals surface area contributed by atoms with E-state index in [-0.39, 0.29) is 29.7 Å². The fraction of sp³-hybridized carbons (Fsp3) is 0.312. The number of nitrogens with zero attached hydrogens (tertiary/aromatic N) is 1. The Labute approximate surface area is 153 Å². The summed E-state index contributed by atoms with van der Waals surface area (Å²) < 4.78 is 10.4. The second kappa shape index (κ2) is 9.98. The van der Waals surface area contributed by atoms with Crippen molar-refractivity contribution in [2.24, 2.45) is 4.99 Å². The highest BCUT2D eigenvalue weighted by atomic mass is 127. The molecule has 0 saturated carbocycles. The molecule has 0 aliphatic rings. The van der Waals surface area contributed by atoms with Gasteiger partial charge in [-0.25, -0.2) is 0 Å². The molecule has 6 nitrogen and oxygen atoms in total. The zero-order valence-corrected chi connectivity index (χ0v) is 15.5. The number of phenols is 1. The Hall–Kier alpha value is -1.90. The van der Waals surface area contributed by atoms with Crippen LogP contribution in [0.2, 0.25) is 0 Å². The fourth-order valence-electron chi connectivity index (χ4n) is 2.01. The summed E-state index contributed by atoms with van der Waals surface area (Å²) in [6.07, 6.45) is 2.43. The Morgan fingerprint density at radius 1 is 1.30 bits per heavy atom. The third-order valence-electron chi connectivity index (χ3n) is 3.18. The van der Waals surface area contributed by atoms with Gasteiger partial charge in [0.2, 0.25) is 0 Å². The van der Waals surface area contributed by atoms with Crippen molar-refractivity contribution in [2.75, 3.05) is 20.7 Å². The first kappa shape index (κ1) is 19.1. The average Bonchev–Trinajstić information content (AvgIpc) is 3.05. The first-order valence-corrected chi connectivity index (χ1v) is 7.05. The Morgan fingerprint density at radius 2 is 2.13 bits per heavy atom. The van der Waals surface area contributed by atoms with Crippen LogP contribution in [-0.4, -0.2) is 31.8 Å². The van der Waals surface area contributed by atoms with Crippen LogP contribution in [0.1, 0.15) is 11.3 Å². The lowest BCUT2D eigenvalue weighted by molar-refractivity contribution is 0.373. The lowest BCUT2D eigenvalue weighted by Gasteiger charge is -2.11. The van der Waals surface area contributed by atoms with E-state index in [0.717, 1.165) is 17.7 Å². The van der Waals surface area contributed by atoms with E-state index in [4.69, 9.17) is 9.15 Å². The molecule has 7 heteroatoms. The van der Waals surface area contributed by atoms with Crippen LogP contribution in [0.5, 0.6) is 11.5 Å². The van der Waals surface area contributed by atoms with Crippen molar-refractivity contribution in [3.05, 3.63) is 47.9 Å². The first-order chi connectivity index (χ1) is 10.7. The Balaban J connectivity index is 0.00000264. The van der Waals surface area contributed by atoms with Gasteiger partial charge in [-0.2, -0.15) is 0 Å². The molecule has 2 rings (SSSR count). The fourth-order valence-corrected chi connectivity index (χ4v) is 2.01. The number of rotatable bonds is 6. The minimum atomic E-state index is 0. The van der Waals surface area contributed by atoms with Crippen molar-refractivity contribution < 1.29 is 14.3 Å². The topological polar surface area (TPSA) is 79.0 Å². The SMILES string of the molecule is CN=C(NCCc1ccc(O)c(OC)c1)NCc1ccco1.I. The number of aliphatic imine (C=N–C) groups is 1. The maximum absolute atomic E-state index is 9.57. The standard InChI is InChI=1S/C16H21N3O3.HI/c1-17-16(19-11-13-4-3-9-22-13)18-8-7-12-5-6-14(20)15(10-12)21-2;/h3-6,9-10,20H,7-8,11H2,1-2H3,(H2,17,18,19);1H. The molecule has 0 aliphatic carbocycles. The van der Waals surface area contributed by atoms with Crippen LogP contribution in [0, 0.1) is 0 Å². The Morgan fingerprint density at radius 3 is 2.78 bits per heavy atom. The summed E-state index contributed by atoms with van der Waals surface area (Å²) >= 11 is 0. The zero-order chi connectivity index (χ0) is 15.8. The van der Waals surface area contributed by atoms with Gasteiger partial charge >= 0.3 is 0 Å². The van der Waals surface area contributed by atoms with Crippen molar-refractivity contribution in [2.45, 2.75) is 13.0 Å². The number of furan rings is 1. The lowest BCUT2D eigenvalue weighted by atomic mass is 10.1. The van der Waals surface area contributed by atoms with Crippen LogP contribution in [0.25, 0.3) is 0 Å². The molecule has 0 saturated heterocycles. The highest BCUT2D eigenvalue weighted by molar-refractivity contribution is 14.0. The van der Waals surface area contributed by atoms with Gasteiger partial charge in [-0.15, -0.1) is 24.0 Å². The van der Waals surface area contributed by atoms with Crippen LogP contribution < -0.4 is 15.4 Å². The molecule has 0 amide bonds. The van der Waals surface area contributed by atoms with E-state index < -0.39 is 0 Å². The average molecular weight is 431 g/mol. The third kappa shape index (κ3) is 6.01. The normalized spacial score (nSPS) is 10.8. The van der Waals surface area contributed by atoms with Crippen LogP contribution in [-0.2, 0) is 13.0 Å². The maximum Gasteiger partial charge on any atom is 0.191 e. The minimum absolute atomic E-state index is 0. The van der Waals surface area contributed by atoms with E-state index >= 15 is 0 Å². The second-order valence-electron chi connectivity index (χ2n) is 4.69. The molecule has 1 aromatic carbocycles. The molecule has 0 unspecified atom stereocenters. The van der Waals surface area contributed by atoms with Gasteiger partial charge in [-0.1, -0.05) is 6.07 Å². The third-order valence-corrected chi connectivity index (χ3v) is 3.18. The van der Waals surface area contributed by atoms with Gasteiger partial charge in [-0.3, -0.25) is 4.99 Å². The van der Waals surface area contributed by atoms with Gasteiger partial charge in [0, 0.05) is 13.6 Å². The number of guanidine groups is 1. The van der Waals surface area contributed by atoms with Gasteiger partial charge in [0.1, 0.15) is 5.76 Å². The van der Waals surface area contributed by atoms with E-state index in [0.29, 0.717) is 24.8 Å². The number of halogens is 1. The van der Waals surface area contributed by atoms with Crippen molar-refractivity contribution >= 4 is 29.9 Å². The van der Waals surface area contributed by atoms with Gasteiger partial charge in [0.25, 0.3) is 0 Å². The zero-order valence-electron chi connectivity index (χ0n) is 13.2. The smallest absolute Gasteiger partial charge is 0.191 e. The molecular weight excluding hydrogens is 409 g/mol. The predicted molar refractivity (Wildman–Crippen MR) is 101 cm³/mol. The highest BCUT2D eigenvalue weighted by Crippen LogP contribution is 2.26. The molecule has 3 N–H and O–H groups in total. The number of methoxy groups -OCH3 is 1. The molecule has 0 bridgehead atoms. The molecule has 2 aromatic rings. The van der Waals surface area contributed by atoms with Gasteiger partial charge in [0.15, 0.2) is 17.5 Å². The van der Waals surface area contributed by atoms with E-state index in [1.807, 2.05) is 24.3 Å². The summed E-state index contributed by atoms with van der Waals surface area (Å²) in [6.45, 7) is 1.30. The summed E-state index contributed by atoms with van der Waals surface area (Å²) in [5.74, 6) is 2.20. The van der Waals surface area contributed by atoms with Gasteiger partial charge < -0.3 is 24.9 Å². The van der Waals surface area contributed by atoms with Crippen LogP contribution in [0.4, 0.5) is 0 Å². The van der Waals surface area contributed by atoms with E-state index in [2.05, 4.69) is 15.6 Å². The van der Waals surface area contributed by atoms with E-state index in [9.17, 15) is 5.11 Å². The maximum atomic E-state index is 9.57. The first-order valence-electron chi connectivity index (χ1n) is 7.05. The number of phenolic OH excluding ortho intramolecular Hbond substituents is 1. The molecule has 0 atom stereocenters. The number of hydrogen-bond acceptors (Lipinski definition) is 4. The van der Waals surface area contributed by atoms with Crippen LogP contribution >= 0.6 is 24.0 Å². The molecule has 1 aromatic heterocycles. The van der Waals surface area contributed by atoms with E-state index in [1.165, 1.54) is 7.11 Å². The summed E-state index contributed by atoms with van der Waals surface area (Å²) in [5.41, 5.74) is 1.07. The quantitative estimate of drug-likeness (QED) is 0.372. The number of benzene rings is 1.